The summed E-state index contributed by atoms with van der Waals surface area (Å²) >= 11 is 0. The molecule has 6 nitrogen and oxygen atoms in total. The van der Waals surface area contributed by atoms with Crippen LogP contribution < -0.4 is 20.1 Å². The van der Waals surface area contributed by atoms with Crippen LogP contribution in [0.2, 0.25) is 0 Å². The minimum absolute atomic E-state index is 0.537. The van der Waals surface area contributed by atoms with Crippen LogP contribution in [0.25, 0.3) is 0 Å². The van der Waals surface area contributed by atoms with E-state index in [2.05, 4.69) is 46.8 Å². The highest BCUT2D eigenvalue weighted by Gasteiger charge is 2.06. The molecule has 6 heteroatoms. The summed E-state index contributed by atoms with van der Waals surface area (Å²) < 4.78 is 16.4. The summed E-state index contributed by atoms with van der Waals surface area (Å²) in [6.45, 7) is 7.09. The van der Waals surface area contributed by atoms with Crippen molar-refractivity contribution in [1.82, 2.24) is 10.6 Å². The van der Waals surface area contributed by atoms with E-state index >= 15 is 0 Å². The molecule has 0 saturated heterocycles. The standard InChI is InChI=1S/C22H31N3O3/c1-5-27-21-13-17(2)9-10-19(21)16-25-22(23-3)24-15-18-7-6-8-20(14-18)28-12-11-26-4/h6-10,13-14H,5,11-12,15-16H2,1-4H3,(H2,23,24,25). The van der Waals surface area contributed by atoms with E-state index in [9.17, 15) is 0 Å². The number of guanidine groups is 1. The Morgan fingerprint density at radius 2 is 1.82 bits per heavy atom. The molecular formula is C22H31N3O3. The summed E-state index contributed by atoms with van der Waals surface area (Å²) in [7, 11) is 3.43. The lowest BCUT2D eigenvalue weighted by molar-refractivity contribution is 0.146. The van der Waals surface area contributed by atoms with E-state index in [4.69, 9.17) is 14.2 Å². The monoisotopic (exact) mass is 385 g/mol. The van der Waals surface area contributed by atoms with Crippen molar-refractivity contribution in [3.63, 3.8) is 0 Å². The molecule has 0 aliphatic carbocycles. The van der Waals surface area contributed by atoms with Gasteiger partial charge in [0.2, 0.25) is 0 Å². The van der Waals surface area contributed by atoms with Crippen molar-refractivity contribution in [2.24, 2.45) is 4.99 Å². The Hall–Kier alpha value is -2.73. The summed E-state index contributed by atoms with van der Waals surface area (Å²) in [5.74, 6) is 2.47. The lowest BCUT2D eigenvalue weighted by atomic mass is 10.1. The predicted molar refractivity (Wildman–Crippen MR) is 113 cm³/mol. The van der Waals surface area contributed by atoms with Crippen molar-refractivity contribution in [2.45, 2.75) is 26.9 Å². The first-order valence-electron chi connectivity index (χ1n) is 9.53. The zero-order valence-electron chi connectivity index (χ0n) is 17.2. The molecule has 0 aliphatic rings. The molecule has 28 heavy (non-hydrogen) atoms. The molecule has 2 aromatic carbocycles. The Bertz CT molecular complexity index is 762. The van der Waals surface area contributed by atoms with Gasteiger partial charge < -0.3 is 24.8 Å². The van der Waals surface area contributed by atoms with Crippen LogP contribution >= 0.6 is 0 Å². The normalized spacial score (nSPS) is 11.2. The van der Waals surface area contributed by atoms with Crippen LogP contribution in [-0.2, 0) is 17.8 Å². The fourth-order valence-electron chi connectivity index (χ4n) is 2.67. The molecule has 0 saturated carbocycles. The lowest BCUT2D eigenvalue weighted by Gasteiger charge is -2.15. The summed E-state index contributed by atoms with van der Waals surface area (Å²) in [5.41, 5.74) is 3.40. The van der Waals surface area contributed by atoms with Crippen molar-refractivity contribution in [3.05, 3.63) is 59.2 Å². The number of aliphatic imine (C=N–C) groups is 1. The van der Waals surface area contributed by atoms with Crippen molar-refractivity contribution in [2.75, 3.05) is 34.0 Å². The largest absolute Gasteiger partial charge is 0.494 e. The summed E-state index contributed by atoms with van der Waals surface area (Å²) in [5, 5.41) is 6.67. The number of nitrogens with zero attached hydrogens (tertiary/aromatic N) is 1. The van der Waals surface area contributed by atoms with Crippen molar-refractivity contribution >= 4 is 5.96 Å². The molecule has 0 atom stereocenters. The van der Waals surface area contributed by atoms with Gasteiger partial charge in [-0.3, -0.25) is 4.99 Å². The molecule has 0 radical (unpaired) electrons. The molecule has 152 valence electrons. The third-order valence-electron chi connectivity index (χ3n) is 4.11. The molecule has 0 unspecified atom stereocenters. The third-order valence-corrected chi connectivity index (χ3v) is 4.11. The summed E-state index contributed by atoms with van der Waals surface area (Å²) in [6, 6.07) is 14.2. The zero-order chi connectivity index (χ0) is 20.2. The Morgan fingerprint density at radius 3 is 2.57 bits per heavy atom. The van der Waals surface area contributed by atoms with Gasteiger partial charge in [-0.05, 0) is 43.2 Å². The van der Waals surface area contributed by atoms with E-state index in [0.29, 0.717) is 32.9 Å². The van der Waals surface area contributed by atoms with Gasteiger partial charge in [0.25, 0.3) is 0 Å². The van der Waals surface area contributed by atoms with Gasteiger partial charge in [0.1, 0.15) is 18.1 Å². The van der Waals surface area contributed by atoms with Crippen LogP contribution in [0.4, 0.5) is 0 Å². The number of ether oxygens (including phenoxy) is 3. The second kappa shape index (κ2) is 11.9. The number of nitrogens with one attached hydrogen (secondary N) is 2. The SMILES string of the molecule is CCOc1cc(C)ccc1CNC(=NC)NCc1cccc(OCCOC)c1. The van der Waals surface area contributed by atoms with Crippen LogP contribution in [0, 0.1) is 6.92 Å². The maximum atomic E-state index is 5.74. The van der Waals surface area contributed by atoms with E-state index in [-0.39, 0.29) is 0 Å². The number of hydrogen-bond donors (Lipinski definition) is 2. The second-order valence-corrected chi connectivity index (χ2v) is 6.31. The van der Waals surface area contributed by atoms with Gasteiger partial charge in [-0.1, -0.05) is 24.3 Å². The molecule has 2 N–H and O–H groups in total. The van der Waals surface area contributed by atoms with Gasteiger partial charge >= 0.3 is 0 Å². The average molecular weight is 386 g/mol. The number of rotatable bonds is 10. The minimum Gasteiger partial charge on any atom is -0.494 e. The maximum Gasteiger partial charge on any atom is 0.191 e. The predicted octanol–water partition coefficient (Wildman–Crippen LogP) is 3.28. The fraction of sp³-hybridized carbons (Fsp3) is 0.409. The summed E-state index contributed by atoms with van der Waals surface area (Å²) in [6.07, 6.45) is 0. The minimum atomic E-state index is 0.537. The first-order valence-corrected chi connectivity index (χ1v) is 9.53. The average Bonchev–Trinajstić information content (AvgIpc) is 2.70. The smallest absolute Gasteiger partial charge is 0.191 e. The van der Waals surface area contributed by atoms with Crippen LogP contribution in [0.15, 0.2) is 47.5 Å². The number of aryl methyl sites for hydroxylation is 1. The number of benzene rings is 2. The van der Waals surface area contributed by atoms with E-state index in [1.165, 1.54) is 5.56 Å². The van der Waals surface area contributed by atoms with Gasteiger partial charge in [-0.2, -0.15) is 0 Å². The Balaban J connectivity index is 1.89. The second-order valence-electron chi connectivity index (χ2n) is 6.31. The Kier molecular flexibility index (Phi) is 9.15. The molecular weight excluding hydrogens is 354 g/mol. The third kappa shape index (κ3) is 7.12. The van der Waals surface area contributed by atoms with E-state index in [1.807, 2.05) is 25.1 Å². The highest BCUT2D eigenvalue weighted by Crippen LogP contribution is 2.20. The van der Waals surface area contributed by atoms with E-state index < -0.39 is 0 Å². The quantitative estimate of drug-likeness (QED) is 0.373. The number of methoxy groups -OCH3 is 1. The van der Waals surface area contributed by atoms with Crippen molar-refractivity contribution < 1.29 is 14.2 Å². The van der Waals surface area contributed by atoms with Gasteiger partial charge in [-0.25, -0.2) is 0 Å². The van der Waals surface area contributed by atoms with Gasteiger partial charge in [0.15, 0.2) is 5.96 Å². The van der Waals surface area contributed by atoms with Crippen LogP contribution in [0.3, 0.4) is 0 Å². The first kappa shape index (κ1) is 21.6. The molecule has 0 aromatic heterocycles. The van der Waals surface area contributed by atoms with E-state index in [0.717, 1.165) is 28.6 Å². The van der Waals surface area contributed by atoms with E-state index in [1.54, 1.807) is 14.2 Å². The first-order chi connectivity index (χ1) is 13.7. The van der Waals surface area contributed by atoms with Crippen LogP contribution in [0.5, 0.6) is 11.5 Å². The van der Waals surface area contributed by atoms with Crippen molar-refractivity contribution in [1.29, 1.82) is 0 Å². The molecule has 2 rings (SSSR count). The molecule has 0 aliphatic heterocycles. The highest BCUT2D eigenvalue weighted by atomic mass is 16.5. The molecule has 2 aromatic rings. The van der Waals surface area contributed by atoms with Gasteiger partial charge in [-0.15, -0.1) is 0 Å². The van der Waals surface area contributed by atoms with Crippen molar-refractivity contribution in [3.8, 4) is 11.5 Å². The Labute approximate surface area is 167 Å². The summed E-state index contributed by atoms with van der Waals surface area (Å²) in [4.78, 5) is 4.30. The van der Waals surface area contributed by atoms with Gasteiger partial charge in [0, 0.05) is 32.8 Å². The molecule has 0 amide bonds. The Morgan fingerprint density at radius 1 is 1.00 bits per heavy atom. The maximum absolute atomic E-state index is 5.74. The molecule has 0 fully saturated rings. The van der Waals surface area contributed by atoms with Crippen LogP contribution in [0.1, 0.15) is 23.6 Å². The molecule has 0 bridgehead atoms. The molecule has 0 spiro atoms. The van der Waals surface area contributed by atoms with Gasteiger partial charge in [0.05, 0.1) is 13.2 Å². The highest BCUT2D eigenvalue weighted by molar-refractivity contribution is 5.79. The zero-order valence-corrected chi connectivity index (χ0v) is 17.2. The number of hydrogen-bond acceptors (Lipinski definition) is 4. The molecule has 0 heterocycles. The topological polar surface area (TPSA) is 64.1 Å². The fourth-order valence-corrected chi connectivity index (χ4v) is 2.67. The van der Waals surface area contributed by atoms with Crippen LogP contribution in [-0.4, -0.2) is 39.9 Å². The lowest BCUT2D eigenvalue weighted by Crippen LogP contribution is -2.36.